The summed E-state index contributed by atoms with van der Waals surface area (Å²) < 4.78 is 29.6. The zero-order chi connectivity index (χ0) is 12.7. The Morgan fingerprint density at radius 2 is 2.00 bits per heavy atom. The first kappa shape index (κ1) is 13.9. The molecule has 0 radical (unpaired) electrons. The SMILES string of the molecule is O=S(=O)(O)C1CCNCC1.Oc1cccnc1. The van der Waals surface area contributed by atoms with Crippen molar-refractivity contribution in [3.05, 3.63) is 24.5 Å². The first-order chi connectivity index (χ1) is 8.00. The van der Waals surface area contributed by atoms with E-state index in [-0.39, 0.29) is 5.75 Å². The Balaban J connectivity index is 0.000000181. The summed E-state index contributed by atoms with van der Waals surface area (Å²) in [6.45, 7) is 1.37. The summed E-state index contributed by atoms with van der Waals surface area (Å²) >= 11 is 0. The van der Waals surface area contributed by atoms with Crippen molar-refractivity contribution in [2.75, 3.05) is 13.1 Å². The van der Waals surface area contributed by atoms with Crippen LogP contribution in [-0.4, -0.2) is 41.4 Å². The van der Waals surface area contributed by atoms with E-state index in [1.54, 1.807) is 18.3 Å². The van der Waals surface area contributed by atoms with Crippen molar-refractivity contribution in [3.8, 4) is 5.75 Å². The fourth-order valence-electron chi connectivity index (χ4n) is 1.45. The molecular formula is C10H16N2O4S. The first-order valence-corrected chi connectivity index (χ1v) is 6.76. The van der Waals surface area contributed by atoms with E-state index in [0.717, 1.165) is 0 Å². The largest absolute Gasteiger partial charge is 0.506 e. The van der Waals surface area contributed by atoms with Crippen molar-refractivity contribution in [3.63, 3.8) is 0 Å². The molecule has 1 aromatic rings. The molecule has 1 saturated heterocycles. The van der Waals surface area contributed by atoms with Gasteiger partial charge >= 0.3 is 0 Å². The summed E-state index contributed by atoms with van der Waals surface area (Å²) in [5.74, 6) is 0.211. The monoisotopic (exact) mass is 260 g/mol. The Hall–Kier alpha value is -1.18. The zero-order valence-corrected chi connectivity index (χ0v) is 10.1. The van der Waals surface area contributed by atoms with Gasteiger partial charge in [0.25, 0.3) is 10.1 Å². The van der Waals surface area contributed by atoms with Gasteiger partial charge in [-0.3, -0.25) is 9.54 Å². The molecule has 2 heterocycles. The van der Waals surface area contributed by atoms with Gasteiger partial charge in [-0.05, 0) is 38.1 Å². The smallest absolute Gasteiger partial charge is 0.267 e. The fraction of sp³-hybridized carbons (Fsp3) is 0.500. The van der Waals surface area contributed by atoms with Crippen LogP contribution in [0, 0.1) is 0 Å². The summed E-state index contributed by atoms with van der Waals surface area (Å²) in [4.78, 5) is 3.63. The number of nitrogens with zero attached hydrogens (tertiary/aromatic N) is 1. The predicted octanol–water partition coefficient (Wildman–Crippen LogP) is 0.413. The van der Waals surface area contributed by atoms with Crippen LogP contribution < -0.4 is 5.32 Å². The molecule has 1 aliphatic heterocycles. The van der Waals surface area contributed by atoms with Crippen LogP contribution in [0.3, 0.4) is 0 Å². The molecule has 0 spiro atoms. The van der Waals surface area contributed by atoms with Gasteiger partial charge in [0.2, 0.25) is 0 Å². The van der Waals surface area contributed by atoms with Gasteiger partial charge in [0.15, 0.2) is 0 Å². The summed E-state index contributed by atoms with van der Waals surface area (Å²) in [5.41, 5.74) is 0. The van der Waals surface area contributed by atoms with Crippen LogP contribution in [0.15, 0.2) is 24.5 Å². The molecule has 17 heavy (non-hydrogen) atoms. The van der Waals surface area contributed by atoms with Crippen LogP contribution in [-0.2, 0) is 10.1 Å². The van der Waals surface area contributed by atoms with E-state index in [1.807, 2.05) is 0 Å². The molecule has 96 valence electrons. The number of pyridine rings is 1. The van der Waals surface area contributed by atoms with Crippen LogP contribution in [0.25, 0.3) is 0 Å². The maximum Gasteiger partial charge on any atom is 0.267 e. The molecule has 1 aliphatic rings. The van der Waals surface area contributed by atoms with E-state index >= 15 is 0 Å². The molecule has 2 rings (SSSR count). The molecule has 7 heteroatoms. The number of hydrogen-bond donors (Lipinski definition) is 3. The van der Waals surface area contributed by atoms with E-state index in [2.05, 4.69) is 10.3 Å². The zero-order valence-electron chi connectivity index (χ0n) is 9.28. The van der Waals surface area contributed by atoms with Crippen LogP contribution in [0.2, 0.25) is 0 Å². The third kappa shape index (κ3) is 5.62. The van der Waals surface area contributed by atoms with E-state index in [0.29, 0.717) is 25.9 Å². The Labute approximate surface area is 100 Å². The van der Waals surface area contributed by atoms with E-state index in [4.69, 9.17) is 9.66 Å². The van der Waals surface area contributed by atoms with Crippen molar-refractivity contribution in [1.29, 1.82) is 0 Å². The minimum atomic E-state index is -3.77. The van der Waals surface area contributed by atoms with Gasteiger partial charge in [0, 0.05) is 6.20 Å². The minimum absolute atomic E-state index is 0.211. The van der Waals surface area contributed by atoms with Gasteiger partial charge < -0.3 is 10.4 Å². The Morgan fingerprint density at radius 3 is 2.29 bits per heavy atom. The summed E-state index contributed by atoms with van der Waals surface area (Å²) in [7, 11) is -3.77. The minimum Gasteiger partial charge on any atom is -0.506 e. The normalized spacial score (nSPS) is 17.0. The highest BCUT2D eigenvalue weighted by Crippen LogP contribution is 2.10. The van der Waals surface area contributed by atoms with Gasteiger partial charge in [-0.15, -0.1) is 0 Å². The molecule has 0 aromatic carbocycles. The fourth-order valence-corrected chi connectivity index (χ4v) is 2.28. The lowest BCUT2D eigenvalue weighted by Gasteiger charge is -2.19. The summed E-state index contributed by atoms with van der Waals surface area (Å²) in [5, 5.41) is 11.0. The molecular weight excluding hydrogens is 244 g/mol. The second-order valence-corrected chi connectivity index (χ2v) is 5.37. The molecule has 1 aromatic heterocycles. The number of rotatable bonds is 1. The maximum atomic E-state index is 10.5. The number of hydrogen-bond acceptors (Lipinski definition) is 5. The number of aromatic hydroxyl groups is 1. The lowest BCUT2D eigenvalue weighted by Crippen LogP contribution is -2.35. The molecule has 6 nitrogen and oxygen atoms in total. The lowest BCUT2D eigenvalue weighted by atomic mass is 10.2. The van der Waals surface area contributed by atoms with Gasteiger partial charge in [-0.2, -0.15) is 8.42 Å². The van der Waals surface area contributed by atoms with Crippen molar-refractivity contribution in [1.82, 2.24) is 10.3 Å². The molecule has 0 saturated carbocycles. The third-order valence-corrected chi connectivity index (χ3v) is 3.67. The highest BCUT2D eigenvalue weighted by Gasteiger charge is 2.24. The van der Waals surface area contributed by atoms with Gasteiger partial charge in [0.05, 0.1) is 11.4 Å². The van der Waals surface area contributed by atoms with Crippen molar-refractivity contribution < 1.29 is 18.1 Å². The van der Waals surface area contributed by atoms with Gasteiger partial charge in [0.1, 0.15) is 5.75 Å². The second kappa shape index (κ2) is 6.53. The van der Waals surface area contributed by atoms with Crippen molar-refractivity contribution in [2.24, 2.45) is 0 Å². The molecule has 1 fully saturated rings. The maximum absolute atomic E-state index is 10.5. The molecule has 0 unspecified atom stereocenters. The Bertz CT molecular complexity index is 415. The standard InChI is InChI=1S/C5H11NO3S.C5H5NO/c7-10(8,9)5-1-3-6-4-2-5;7-5-2-1-3-6-4-5/h5-6H,1-4H2,(H,7,8,9);1-4,7H. The highest BCUT2D eigenvalue weighted by molar-refractivity contribution is 7.86. The van der Waals surface area contributed by atoms with Crippen LogP contribution in [0.4, 0.5) is 0 Å². The van der Waals surface area contributed by atoms with Crippen molar-refractivity contribution in [2.45, 2.75) is 18.1 Å². The van der Waals surface area contributed by atoms with E-state index in [1.165, 1.54) is 6.20 Å². The van der Waals surface area contributed by atoms with Crippen LogP contribution in [0.1, 0.15) is 12.8 Å². The topological polar surface area (TPSA) is 99.5 Å². The molecule has 0 atom stereocenters. The Kier molecular flexibility index (Phi) is 5.33. The highest BCUT2D eigenvalue weighted by atomic mass is 32.2. The second-order valence-electron chi connectivity index (χ2n) is 3.68. The van der Waals surface area contributed by atoms with Crippen molar-refractivity contribution >= 4 is 10.1 Å². The van der Waals surface area contributed by atoms with Crippen LogP contribution >= 0.6 is 0 Å². The van der Waals surface area contributed by atoms with E-state index < -0.39 is 15.4 Å². The number of nitrogens with one attached hydrogen (secondary N) is 1. The lowest BCUT2D eigenvalue weighted by molar-refractivity contribution is 0.432. The number of aromatic nitrogens is 1. The molecule has 0 amide bonds. The summed E-state index contributed by atoms with van der Waals surface area (Å²) in [6.07, 6.45) is 4.05. The molecule has 0 bridgehead atoms. The number of piperidine rings is 1. The Morgan fingerprint density at radius 1 is 1.35 bits per heavy atom. The van der Waals surface area contributed by atoms with E-state index in [9.17, 15) is 8.42 Å². The third-order valence-electron chi connectivity index (χ3n) is 2.35. The van der Waals surface area contributed by atoms with Gasteiger partial charge in [-0.25, -0.2) is 0 Å². The van der Waals surface area contributed by atoms with Crippen LogP contribution in [0.5, 0.6) is 5.75 Å². The first-order valence-electron chi connectivity index (χ1n) is 5.26. The average molecular weight is 260 g/mol. The summed E-state index contributed by atoms with van der Waals surface area (Å²) in [6, 6.07) is 3.25. The van der Waals surface area contributed by atoms with Gasteiger partial charge in [-0.1, -0.05) is 0 Å². The average Bonchev–Trinajstić information content (AvgIpc) is 2.31. The predicted molar refractivity (Wildman–Crippen MR) is 63.3 cm³/mol. The molecule has 3 N–H and O–H groups in total. The molecule has 0 aliphatic carbocycles. The quantitative estimate of drug-likeness (QED) is 0.633.